The average molecular weight is 283 g/mol. The molecule has 0 aliphatic heterocycles. The molecule has 0 atom stereocenters. The van der Waals surface area contributed by atoms with Crippen LogP contribution in [0, 0.1) is 0 Å². The van der Waals surface area contributed by atoms with Gasteiger partial charge >= 0.3 is 6.55 Å². The number of hydrogen-bond donors (Lipinski definition) is 0. The Morgan fingerprint density at radius 1 is 1.45 bits per heavy atom. The SMILES string of the molecule is CCn1nccc1CN(C)C(=O)c1ccn(C(F)F)n1. The number of hydrogen-bond acceptors (Lipinski definition) is 3. The molecule has 2 rings (SSSR count). The van der Waals surface area contributed by atoms with Gasteiger partial charge in [0.25, 0.3) is 5.91 Å². The molecule has 0 saturated heterocycles. The summed E-state index contributed by atoms with van der Waals surface area (Å²) in [5, 5.41) is 7.66. The molecule has 20 heavy (non-hydrogen) atoms. The Balaban J connectivity index is 2.08. The van der Waals surface area contributed by atoms with Gasteiger partial charge in [-0.3, -0.25) is 9.48 Å². The molecular weight excluding hydrogens is 268 g/mol. The van der Waals surface area contributed by atoms with Crippen molar-refractivity contribution in [2.24, 2.45) is 0 Å². The molecule has 108 valence electrons. The van der Waals surface area contributed by atoms with Crippen molar-refractivity contribution in [1.29, 1.82) is 0 Å². The molecule has 0 bridgehead atoms. The third-order valence-corrected chi connectivity index (χ3v) is 2.88. The highest BCUT2D eigenvalue weighted by Gasteiger charge is 2.18. The maximum absolute atomic E-state index is 12.4. The number of aromatic nitrogens is 4. The van der Waals surface area contributed by atoms with Crippen LogP contribution in [0.4, 0.5) is 8.78 Å². The Bertz CT molecular complexity index is 592. The quantitative estimate of drug-likeness (QED) is 0.840. The molecule has 0 radical (unpaired) electrons. The van der Waals surface area contributed by atoms with E-state index in [4.69, 9.17) is 0 Å². The molecule has 0 N–H and O–H groups in total. The number of aryl methyl sites for hydroxylation is 1. The zero-order chi connectivity index (χ0) is 14.7. The average Bonchev–Trinajstić information content (AvgIpc) is 3.06. The van der Waals surface area contributed by atoms with E-state index in [0.717, 1.165) is 11.9 Å². The highest BCUT2D eigenvalue weighted by Crippen LogP contribution is 2.11. The lowest BCUT2D eigenvalue weighted by Gasteiger charge is -2.16. The van der Waals surface area contributed by atoms with Crippen LogP contribution in [0.1, 0.15) is 29.7 Å². The highest BCUT2D eigenvalue weighted by atomic mass is 19.3. The fraction of sp³-hybridized carbons (Fsp3) is 0.417. The predicted molar refractivity (Wildman–Crippen MR) is 67.2 cm³/mol. The Morgan fingerprint density at radius 2 is 2.20 bits per heavy atom. The largest absolute Gasteiger partial charge is 0.334 e. The summed E-state index contributed by atoms with van der Waals surface area (Å²) in [6, 6.07) is 3.09. The Morgan fingerprint density at radius 3 is 2.80 bits per heavy atom. The van der Waals surface area contributed by atoms with Crippen molar-refractivity contribution in [1.82, 2.24) is 24.5 Å². The van der Waals surface area contributed by atoms with Crippen molar-refractivity contribution in [2.45, 2.75) is 26.6 Å². The van der Waals surface area contributed by atoms with Crippen LogP contribution < -0.4 is 0 Å². The van der Waals surface area contributed by atoms with Gasteiger partial charge in [-0.05, 0) is 19.1 Å². The maximum Gasteiger partial charge on any atom is 0.333 e. The van der Waals surface area contributed by atoms with Crippen LogP contribution in [-0.4, -0.2) is 37.4 Å². The van der Waals surface area contributed by atoms with E-state index < -0.39 is 12.5 Å². The van der Waals surface area contributed by atoms with Crippen molar-refractivity contribution >= 4 is 5.91 Å². The van der Waals surface area contributed by atoms with Gasteiger partial charge in [0.15, 0.2) is 5.69 Å². The molecule has 0 aliphatic rings. The molecule has 0 saturated carbocycles. The molecule has 0 aliphatic carbocycles. The van der Waals surface area contributed by atoms with E-state index in [2.05, 4.69) is 10.2 Å². The number of nitrogens with zero attached hydrogens (tertiary/aromatic N) is 5. The molecule has 2 heterocycles. The first-order chi connectivity index (χ1) is 9.52. The first-order valence-corrected chi connectivity index (χ1v) is 6.12. The molecule has 0 fully saturated rings. The fourth-order valence-corrected chi connectivity index (χ4v) is 1.85. The number of amides is 1. The van der Waals surface area contributed by atoms with Crippen molar-refractivity contribution in [3.63, 3.8) is 0 Å². The summed E-state index contributed by atoms with van der Waals surface area (Å²) < 4.78 is 27.0. The van der Waals surface area contributed by atoms with Crippen molar-refractivity contribution < 1.29 is 13.6 Å². The van der Waals surface area contributed by atoms with Crippen LogP contribution in [0.5, 0.6) is 0 Å². The second kappa shape index (κ2) is 5.81. The minimum absolute atomic E-state index is 0.00429. The second-order valence-corrected chi connectivity index (χ2v) is 4.26. The summed E-state index contributed by atoms with van der Waals surface area (Å²) in [4.78, 5) is 13.5. The van der Waals surface area contributed by atoms with Gasteiger partial charge in [0.05, 0.1) is 12.2 Å². The third kappa shape index (κ3) is 2.84. The van der Waals surface area contributed by atoms with Crippen LogP contribution in [0.25, 0.3) is 0 Å². The molecule has 8 heteroatoms. The van der Waals surface area contributed by atoms with Crippen LogP contribution in [0.3, 0.4) is 0 Å². The molecule has 0 unspecified atom stereocenters. The van der Waals surface area contributed by atoms with Gasteiger partial charge in [0.2, 0.25) is 0 Å². The van der Waals surface area contributed by atoms with Gasteiger partial charge in [0.1, 0.15) is 0 Å². The zero-order valence-electron chi connectivity index (χ0n) is 11.2. The summed E-state index contributed by atoms with van der Waals surface area (Å²) in [6.07, 6.45) is 2.74. The number of rotatable bonds is 5. The summed E-state index contributed by atoms with van der Waals surface area (Å²) in [5.41, 5.74) is 0.868. The Hall–Kier alpha value is -2.25. The number of carbonyl (C=O) groups excluding carboxylic acids is 1. The summed E-state index contributed by atoms with van der Waals surface area (Å²) >= 11 is 0. The van der Waals surface area contributed by atoms with Gasteiger partial charge in [-0.1, -0.05) is 0 Å². The van der Waals surface area contributed by atoms with Gasteiger partial charge in [0, 0.05) is 26.0 Å². The normalized spacial score (nSPS) is 11.1. The molecule has 2 aromatic rings. The van der Waals surface area contributed by atoms with Crippen LogP contribution >= 0.6 is 0 Å². The zero-order valence-corrected chi connectivity index (χ0v) is 11.2. The van der Waals surface area contributed by atoms with Crippen molar-refractivity contribution in [3.05, 3.63) is 35.9 Å². The van der Waals surface area contributed by atoms with Crippen molar-refractivity contribution in [2.75, 3.05) is 7.05 Å². The first kappa shape index (κ1) is 14.2. The highest BCUT2D eigenvalue weighted by molar-refractivity contribution is 5.91. The topological polar surface area (TPSA) is 56.0 Å². The third-order valence-electron chi connectivity index (χ3n) is 2.88. The van der Waals surface area contributed by atoms with Gasteiger partial charge < -0.3 is 4.90 Å². The Kier molecular flexibility index (Phi) is 4.11. The lowest BCUT2D eigenvalue weighted by atomic mass is 10.3. The lowest BCUT2D eigenvalue weighted by molar-refractivity contribution is 0.0553. The molecule has 0 spiro atoms. The maximum atomic E-state index is 12.4. The minimum atomic E-state index is -2.75. The van der Waals surface area contributed by atoms with Gasteiger partial charge in [-0.2, -0.15) is 19.0 Å². The molecular formula is C12H15F2N5O. The second-order valence-electron chi connectivity index (χ2n) is 4.26. The van der Waals surface area contributed by atoms with Crippen LogP contribution in [-0.2, 0) is 13.1 Å². The first-order valence-electron chi connectivity index (χ1n) is 6.12. The van der Waals surface area contributed by atoms with Crippen molar-refractivity contribution in [3.8, 4) is 0 Å². The van der Waals surface area contributed by atoms with Gasteiger partial charge in [-0.15, -0.1) is 0 Å². The molecule has 1 amide bonds. The fourth-order valence-electron chi connectivity index (χ4n) is 1.85. The summed E-state index contributed by atoms with van der Waals surface area (Å²) in [7, 11) is 1.59. The van der Waals surface area contributed by atoms with E-state index in [0.29, 0.717) is 17.8 Å². The predicted octanol–water partition coefficient (Wildman–Crippen LogP) is 1.77. The Labute approximate surface area is 114 Å². The molecule has 6 nitrogen and oxygen atoms in total. The smallest absolute Gasteiger partial charge is 0.333 e. The van der Waals surface area contributed by atoms with Crippen LogP contribution in [0.2, 0.25) is 0 Å². The van der Waals surface area contributed by atoms with E-state index in [1.165, 1.54) is 11.0 Å². The number of halogens is 2. The number of carbonyl (C=O) groups is 1. The van der Waals surface area contributed by atoms with E-state index in [1.54, 1.807) is 17.9 Å². The minimum Gasteiger partial charge on any atom is -0.334 e. The molecule has 0 aromatic carbocycles. The molecule has 2 aromatic heterocycles. The van der Waals surface area contributed by atoms with E-state index in [9.17, 15) is 13.6 Å². The lowest BCUT2D eigenvalue weighted by Crippen LogP contribution is -2.28. The number of alkyl halides is 2. The summed E-state index contributed by atoms with van der Waals surface area (Å²) in [5.74, 6) is -0.409. The summed E-state index contributed by atoms with van der Waals surface area (Å²) in [6.45, 7) is 0.240. The van der Waals surface area contributed by atoms with E-state index in [1.807, 2.05) is 13.0 Å². The standard InChI is InChI=1S/C12H15F2N5O/c1-3-18-9(4-6-15-18)8-17(2)11(20)10-5-7-19(16-10)12(13)14/h4-7,12H,3,8H2,1-2H3. The van der Waals surface area contributed by atoms with E-state index in [-0.39, 0.29) is 5.69 Å². The monoisotopic (exact) mass is 283 g/mol. The van der Waals surface area contributed by atoms with Crippen LogP contribution in [0.15, 0.2) is 24.5 Å². The van der Waals surface area contributed by atoms with Gasteiger partial charge in [-0.25, -0.2) is 4.68 Å². The van der Waals surface area contributed by atoms with E-state index >= 15 is 0 Å².